The lowest BCUT2D eigenvalue weighted by molar-refractivity contribution is -0.149. The van der Waals surface area contributed by atoms with E-state index >= 15 is 0 Å². The predicted molar refractivity (Wildman–Crippen MR) is 117 cm³/mol. The Morgan fingerprint density at radius 1 is 1.06 bits per heavy atom. The zero-order chi connectivity index (χ0) is 22.4. The van der Waals surface area contributed by atoms with Crippen LogP contribution in [0.25, 0.3) is 0 Å². The van der Waals surface area contributed by atoms with E-state index in [9.17, 15) is 17.6 Å². The Bertz CT molecular complexity index is 983. The van der Waals surface area contributed by atoms with Gasteiger partial charge in [0.25, 0.3) is 0 Å². The molecule has 3 rings (SSSR count). The van der Waals surface area contributed by atoms with E-state index in [1.165, 1.54) is 28.6 Å². The van der Waals surface area contributed by atoms with Crippen molar-refractivity contribution in [2.45, 2.75) is 51.0 Å². The molecule has 5 nitrogen and oxygen atoms in total. The highest BCUT2D eigenvalue weighted by Gasteiger charge is 2.32. The third kappa shape index (κ3) is 5.92. The zero-order valence-electron chi connectivity index (χ0n) is 18.1. The van der Waals surface area contributed by atoms with Gasteiger partial charge in [0.15, 0.2) is 0 Å². The van der Waals surface area contributed by atoms with Crippen molar-refractivity contribution in [1.29, 1.82) is 0 Å². The molecule has 1 fully saturated rings. The van der Waals surface area contributed by atoms with Gasteiger partial charge in [0, 0.05) is 13.1 Å². The lowest BCUT2D eigenvalue weighted by atomic mass is 9.82. The number of carbonyl (C=O) groups is 1. The van der Waals surface area contributed by atoms with E-state index in [1.54, 1.807) is 6.92 Å². The van der Waals surface area contributed by atoms with Gasteiger partial charge in [0.05, 0.1) is 17.4 Å². The fourth-order valence-corrected chi connectivity index (χ4v) is 5.60. The summed E-state index contributed by atoms with van der Waals surface area (Å²) in [5.74, 6) is -0.571. The van der Waals surface area contributed by atoms with Gasteiger partial charge in [-0.3, -0.25) is 4.79 Å². The van der Waals surface area contributed by atoms with Gasteiger partial charge in [-0.25, -0.2) is 12.8 Å². The van der Waals surface area contributed by atoms with Gasteiger partial charge in [-0.1, -0.05) is 24.3 Å². The van der Waals surface area contributed by atoms with Crippen LogP contribution in [0.15, 0.2) is 53.4 Å². The summed E-state index contributed by atoms with van der Waals surface area (Å²) in [4.78, 5) is 12.1. The molecule has 0 unspecified atom stereocenters. The number of sulfonamides is 1. The molecule has 0 heterocycles. The second kappa shape index (κ2) is 10.4. The molecule has 0 saturated heterocycles. The van der Waals surface area contributed by atoms with Crippen LogP contribution in [0.3, 0.4) is 0 Å². The second-order valence-electron chi connectivity index (χ2n) is 8.15. The molecule has 7 heteroatoms. The number of esters is 1. The maximum Gasteiger partial charge on any atom is 0.308 e. The molecule has 1 saturated carbocycles. The third-order valence-corrected chi connectivity index (χ3v) is 7.81. The Morgan fingerprint density at radius 3 is 2.32 bits per heavy atom. The van der Waals surface area contributed by atoms with Crippen LogP contribution in [0.4, 0.5) is 4.39 Å². The molecular formula is C24H30FNO4S. The molecule has 2 aromatic carbocycles. The van der Waals surface area contributed by atoms with Crippen molar-refractivity contribution >= 4 is 16.0 Å². The molecule has 168 valence electrons. The molecule has 0 atom stereocenters. The average Bonchev–Trinajstić information content (AvgIpc) is 2.75. The fourth-order valence-electron chi connectivity index (χ4n) is 4.11. The van der Waals surface area contributed by atoms with Crippen molar-refractivity contribution in [2.75, 3.05) is 13.2 Å². The number of aryl methyl sites for hydroxylation is 1. The minimum Gasteiger partial charge on any atom is -0.466 e. The third-order valence-electron chi connectivity index (χ3n) is 5.99. The first kappa shape index (κ1) is 23.4. The maximum atomic E-state index is 13.4. The van der Waals surface area contributed by atoms with Gasteiger partial charge in [0.2, 0.25) is 10.0 Å². The monoisotopic (exact) mass is 447 g/mol. The van der Waals surface area contributed by atoms with Crippen molar-refractivity contribution in [1.82, 2.24) is 4.31 Å². The predicted octanol–water partition coefficient (Wildman–Crippen LogP) is 4.69. The van der Waals surface area contributed by atoms with E-state index in [4.69, 9.17) is 4.74 Å². The summed E-state index contributed by atoms with van der Waals surface area (Å²) in [6.07, 6.45) is 2.95. The normalized spacial score (nSPS) is 19.4. The zero-order valence-corrected chi connectivity index (χ0v) is 18.9. The van der Waals surface area contributed by atoms with Gasteiger partial charge in [-0.15, -0.1) is 0 Å². The van der Waals surface area contributed by atoms with Crippen LogP contribution < -0.4 is 0 Å². The average molecular weight is 448 g/mol. The first-order valence-electron chi connectivity index (χ1n) is 10.8. The van der Waals surface area contributed by atoms with Crippen molar-refractivity contribution in [3.63, 3.8) is 0 Å². The molecule has 0 aromatic heterocycles. The van der Waals surface area contributed by atoms with Crippen LogP contribution in [0.1, 0.15) is 43.7 Å². The molecular weight excluding hydrogens is 417 g/mol. The first-order chi connectivity index (χ1) is 14.8. The summed E-state index contributed by atoms with van der Waals surface area (Å²) in [6, 6.07) is 12.7. The summed E-state index contributed by atoms with van der Waals surface area (Å²) < 4.78 is 46.8. The molecule has 1 aliphatic carbocycles. The summed E-state index contributed by atoms with van der Waals surface area (Å²) in [7, 11) is -3.80. The number of hydrogen-bond acceptors (Lipinski definition) is 4. The van der Waals surface area contributed by atoms with Crippen LogP contribution in [-0.4, -0.2) is 31.8 Å². The highest BCUT2D eigenvalue weighted by Crippen LogP contribution is 2.32. The molecule has 0 N–H and O–H groups in total. The summed E-state index contributed by atoms with van der Waals surface area (Å²) >= 11 is 0. The fraction of sp³-hybridized carbons (Fsp3) is 0.458. The number of benzene rings is 2. The van der Waals surface area contributed by atoms with Gasteiger partial charge in [-0.05, 0) is 80.8 Å². The Hall–Kier alpha value is -2.25. The summed E-state index contributed by atoms with van der Waals surface area (Å²) in [5, 5.41) is 0. The molecule has 0 amide bonds. The van der Waals surface area contributed by atoms with Crippen molar-refractivity contribution in [2.24, 2.45) is 11.8 Å². The smallest absolute Gasteiger partial charge is 0.308 e. The number of halogens is 1. The van der Waals surface area contributed by atoms with E-state index in [1.807, 2.05) is 31.2 Å². The van der Waals surface area contributed by atoms with Crippen LogP contribution >= 0.6 is 0 Å². The second-order valence-corrected chi connectivity index (χ2v) is 10.1. The van der Waals surface area contributed by atoms with Gasteiger partial charge in [-0.2, -0.15) is 4.31 Å². The van der Waals surface area contributed by atoms with Gasteiger partial charge >= 0.3 is 5.97 Å². The standard InChI is InChI=1S/C24H30FNO4S/c1-3-30-24(27)20-10-8-19(9-11-20)16-26(17-21-7-5-4-6-18(21)2)31(28,29)23-14-12-22(25)13-15-23/h4-7,12-15,19-20H,3,8-11,16-17H2,1-2H3. The van der Waals surface area contributed by atoms with E-state index in [2.05, 4.69) is 0 Å². The molecule has 31 heavy (non-hydrogen) atoms. The Labute approximate surface area is 184 Å². The minimum absolute atomic E-state index is 0.0858. The molecule has 0 spiro atoms. The molecule has 1 aliphatic rings. The number of hydrogen-bond donors (Lipinski definition) is 0. The minimum atomic E-state index is -3.80. The summed E-state index contributed by atoms with van der Waals surface area (Å²) in [6.45, 7) is 4.75. The number of rotatable bonds is 8. The largest absolute Gasteiger partial charge is 0.466 e. The van der Waals surface area contributed by atoms with Crippen LogP contribution in [0.2, 0.25) is 0 Å². The van der Waals surface area contributed by atoms with Crippen molar-refractivity contribution in [3.8, 4) is 0 Å². The van der Waals surface area contributed by atoms with Gasteiger partial charge < -0.3 is 4.74 Å². The molecule has 2 aromatic rings. The van der Waals surface area contributed by atoms with Crippen LogP contribution in [0, 0.1) is 24.6 Å². The summed E-state index contributed by atoms with van der Waals surface area (Å²) in [5.41, 5.74) is 1.96. The first-order valence-corrected chi connectivity index (χ1v) is 12.2. The highest BCUT2D eigenvalue weighted by atomic mass is 32.2. The van der Waals surface area contributed by atoms with Crippen LogP contribution in [-0.2, 0) is 26.1 Å². The van der Waals surface area contributed by atoms with Crippen molar-refractivity contribution < 1.29 is 22.3 Å². The molecule has 0 bridgehead atoms. The van der Waals surface area contributed by atoms with E-state index in [0.29, 0.717) is 26.0 Å². The molecule has 0 aliphatic heterocycles. The van der Waals surface area contributed by atoms with Crippen LogP contribution in [0.5, 0.6) is 0 Å². The Kier molecular flexibility index (Phi) is 7.84. The Morgan fingerprint density at radius 2 is 1.71 bits per heavy atom. The van der Waals surface area contributed by atoms with Gasteiger partial charge in [0.1, 0.15) is 5.82 Å². The lowest BCUT2D eigenvalue weighted by Gasteiger charge is -2.32. The SMILES string of the molecule is CCOC(=O)C1CCC(CN(Cc2ccccc2C)S(=O)(=O)c2ccc(F)cc2)CC1. The van der Waals surface area contributed by atoms with E-state index in [0.717, 1.165) is 24.0 Å². The van der Waals surface area contributed by atoms with Crippen molar-refractivity contribution in [3.05, 3.63) is 65.5 Å². The number of carbonyl (C=O) groups excluding carboxylic acids is 1. The quantitative estimate of drug-likeness (QED) is 0.551. The van der Waals surface area contributed by atoms with E-state index in [-0.39, 0.29) is 29.2 Å². The lowest BCUT2D eigenvalue weighted by Crippen LogP contribution is -2.37. The number of ether oxygens (including phenoxy) is 1. The topological polar surface area (TPSA) is 63.7 Å². The number of nitrogens with zero attached hydrogens (tertiary/aromatic N) is 1. The maximum absolute atomic E-state index is 13.4. The highest BCUT2D eigenvalue weighted by molar-refractivity contribution is 7.89. The Balaban J connectivity index is 1.79. The molecule has 0 radical (unpaired) electrons. The van der Waals surface area contributed by atoms with E-state index < -0.39 is 15.8 Å².